The third-order valence-corrected chi connectivity index (χ3v) is 3.67. The molecule has 0 spiro atoms. The maximum absolute atomic E-state index is 13.2. The number of benzene rings is 1. The van der Waals surface area contributed by atoms with Gasteiger partial charge in [-0.05, 0) is 25.1 Å². The molecule has 1 amide bonds. The van der Waals surface area contributed by atoms with Crippen LogP contribution in [-0.4, -0.2) is 10.5 Å². The fourth-order valence-electron chi connectivity index (χ4n) is 1.51. The second-order valence-electron chi connectivity index (χ2n) is 3.91. The number of hydrogen-bond acceptors (Lipinski definition) is 3. The molecule has 0 unspecified atom stereocenters. The highest BCUT2D eigenvalue weighted by molar-refractivity contribution is 7.07. The van der Waals surface area contributed by atoms with E-state index in [1.165, 1.54) is 16.7 Å². The van der Waals surface area contributed by atoms with Gasteiger partial charge in [-0.15, -0.1) is 0 Å². The van der Waals surface area contributed by atoms with Crippen LogP contribution in [0.3, 0.4) is 0 Å². The van der Waals surface area contributed by atoms with Crippen molar-refractivity contribution in [1.82, 2.24) is 4.57 Å². The van der Waals surface area contributed by atoms with Gasteiger partial charge in [0.1, 0.15) is 12.4 Å². The van der Waals surface area contributed by atoms with E-state index in [-0.39, 0.29) is 16.4 Å². The predicted octanol–water partition coefficient (Wildman–Crippen LogP) is 2.65. The first kappa shape index (κ1) is 13.8. The normalized spacial score (nSPS) is 10.5. The van der Waals surface area contributed by atoms with Crippen molar-refractivity contribution in [2.24, 2.45) is 0 Å². The molecular weight excluding hydrogens is 291 g/mol. The van der Waals surface area contributed by atoms with Crippen LogP contribution in [0, 0.1) is 12.7 Å². The molecule has 0 fully saturated rings. The lowest BCUT2D eigenvalue weighted by molar-refractivity contribution is -0.116. The monoisotopic (exact) mass is 300 g/mol. The maximum atomic E-state index is 13.2. The van der Waals surface area contributed by atoms with Crippen molar-refractivity contribution >= 4 is 34.5 Å². The SMILES string of the molecule is Cc1csc(=O)n1CC(=O)Nc1ccc(Cl)c(F)c1. The number of aryl methyl sites for hydroxylation is 1. The van der Waals surface area contributed by atoms with Crippen molar-refractivity contribution in [3.05, 3.63) is 49.8 Å². The Bertz CT molecular complexity index is 681. The summed E-state index contributed by atoms with van der Waals surface area (Å²) < 4.78 is 14.6. The van der Waals surface area contributed by atoms with E-state index in [1.54, 1.807) is 12.3 Å². The van der Waals surface area contributed by atoms with Crippen molar-refractivity contribution in [1.29, 1.82) is 0 Å². The Hall–Kier alpha value is -1.66. The van der Waals surface area contributed by atoms with E-state index >= 15 is 0 Å². The first-order chi connectivity index (χ1) is 8.97. The molecule has 1 aromatic carbocycles. The van der Waals surface area contributed by atoms with Gasteiger partial charge in [0.05, 0.1) is 5.02 Å². The summed E-state index contributed by atoms with van der Waals surface area (Å²) in [7, 11) is 0. The summed E-state index contributed by atoms with van der Waals surface area (Å²) in [4.78, 5) is 23.0. The summed E-state index contributed by atoms with van der Waals surface area (Å²) in [5, 5.41) is 4.18. The number of nitrogens with one attached hydrogen (secondary N) is 1. The number of amides is 1. The zero-order chi connectivity index (χ0) is 14.0. The summed E-state index contributed by atoms with van der Waals surface area (Å²) in [5.74, 6) is -1.01. The highest BCUT2D eigenvalue weighted by atomic mass is 35.5. The van der Waals surface area contributed by atoms with Gasteiger partial charge in [0.25, 0.3) is 0 Å². The number of carbonyl (C=O) groups excluding carboxylic acids is 1. The number of anilines is 1. The van der Waals surface area contributed by atoms with Crippen LogP contribution >= 0.6 is 22.9 Å². The summed E-state index contributed by atoms with van der Waals surface area (Å²) in [5.41, 5.74) is 1.01. The molecule has 0 atom stereocenters. The zero-order valence-corrected chi connectivity index (χ0v) is 11.5. The fraction of sp³-hybridized carbons (Fsp3) is 0.167. The summed E-state index contributed by atoms with van der Waals surface area (Å²) >= 11 is 6.58. The lowest BCUT2D eigenvalue weighted by Crippen LogP contribution is -2.25. The van der Waals surface area contributed by atoms with E-state index in [9.17, 15) is 14.0 Å². The Morgan fingerprint density at radius 1 is 1.53 bits per heavy atom. The van der Waals surface area contributed by atoms with Gasteiger partial charge in [0.15, 0.2) is 0 Å². The highest BCUT2D eigenvalue weighted by Gasteiger charge is 2.09. The quantitative estimate of drug-likeness (QED) is 0.947. The van der Waals surface area contributed by atoms with E-state index in [0.29, 0.717) is 11.4 Å². The Balaban J connectivity index is 2.09. The molecule has 0 radical (unpaired) electrons. The summed E-state index contributed by atoms with van der Waals surface area (Å²) in [6.45, 7) is 1.64. The third-order valence-electron chi connectivity index (χ3n) is 2.48. The van der Waals surface area contributed by atoms with Crippen molar-refractivity contribution < 1.29 is 9.18 Å². The fourth-order valence-corrected chi connectivity index (χ4v) is 2.37. The van der Waals surface area contributed by atoms with Gasteiger partial charge in [0.2, 0.25) is 5.91 Å². The maximum Gasteiger partial charge on any atom is 0.307 e. The zero-order valence-electron chi connectivity index (χ0n) is 9.94. The van der Waals surface area contributed by atoms with Gasteiger partial charge in [0, 0.05) is 16.8 Å². The molecule has 0 bridgehead atoms. The number of hydrogen-bond donors (Lipinski definition) is 1. The minimum Gasteiger partial charge on any atom is -0.324 e. The van der Waals surface area contributed by atoms with Crippen molar-refractivity contribution in [3.63, 3.8) is 0 Å². The summed E-state index contributed by atoms with van der Waals surface area (Å²) in [6.07, 6.45) is 0. The van der Waals surface area contributed by atoms with E-state index < -0.39 is 11.7 Å². The number of carbonyl (C=O) groups is 1. The van der Waals surface area contributed by atoms with Gasteiger partial charge >= 0.3 is 4.87 Å². The third kappa shape index (κ3) is 3.21. The molecule has 0 saturated carbocycles. The second kappa shape index (κ2) is 5.54. The van der Waals surface area contributed by atoms with Gasteiger partial charge in [-0.25, -0.2) is 4.39 Å². The molecule has 0 aliphatic carbocycles. The van der Waals surface area contributed by atoms with Gasteiger partial charge in [-0.2, -0.15) is 0 Å². The first-order valence-corrected chi connectivity index (χ1v) is 6.63. The highest BCUT2D eigenvalue weighted by Crippen LogP contribution is 2.18. The van der Waals surface area contributed by atoms with Crippen molar-refractivity contribution in [3.8, 4) is 0 Å². The predicted molar refractivity (Wildman–Crippen MR) is 73.4 cm³/mol. The van der Waals surface area contributed by atoms with E-state index in [1.807, 2.05) is 0 Å². The molecule has 4 nitrogen and oxygen atoms in total. The lowest BCUT2D eigenvalue weighted by atomic mass is 10.3. The average Bonchev–Trinajstić information content (AvgIpc) is 2.66. The number of thiazole rings is 1. The van der Waals surface area contributed by atoms with E-state index in [4.69, 9.17) is 11.6 Å². The molecule has 1 N–H and O–H groups in total. The Morgan fingerprint density at radius 3 is 2.84 bits per heavy atom. The molecule has 1 aromatic heterocycles. The topological polar surface area (TPSA) is 51.1 Å². The van der Waals surface area contributed by atoms with E-state index in [0.717, 1.165) is 17.4 Å². The smallest absolute Gasteiger partial charge is 0.307 e. The van der Waals surface area contributed by atoms with Crippen LogP contribution in [0.15, 0.2) is 28.4 Å². The average molecular weight is 301 g/mol. The minimum atomic E-state index is -0.608. The molecule has 0 aliphatic heterocycles. The molecule has 100 valence electrons. The van der Waals surface area contributed by atoms with Crippen molar-refractivity contribution in [2.75, 3.05) is 5.32 Å². The molecule has 19 heavy (non-hydrogen) atoms. The molecule has 2 rings (SSSR count). The lowest BCUT2D eigenvalue weighted by Gasteiger charge is -2.07. The Labute approximate surface area is 117 Å². The number of rotatable bonds is 3. The minimum absolute atomic E-state index is 0.0112. The molecule has 0 aliphatic rings. The van der Waals surface area contributed by atoms with Crippen LogP contribution in [0.2, 0.25) is 5.02 Å². The van der Waals surface area contributed by atoms with Crippen molar-refractivity contribution in [2.45, 2.75) is 13.5 Å². The van der Waals surface area contributed by atoms with Crippen LogP contribution in [0.25, 0.3) is 0 Å². The molecule has 0 saturated heterocycles. The Kier molecular flexibility index (Phi) is 4.01. The van der Waals surface area contributed by atoms with Gasteiger partial charge < -0.3 is 5.32 Å². The van der Waals surface area contributed by atoms with Gasteiger partial charge in [-0.3, -0.25) is 14.2 Å². The largest absolute Gasteiger partial charge is 0.324 e. The second-order valence-corrected chi connectivity index (χ2v) is 5.13. The first-order valence-electron chi connectivity index (χ1n) is 5.37. The molecule has 7 heteroatoms. The summed E-state index contributed by atoms with van der Waals surface area (Å²) in [6, 6.07) is 3.98. The van der Waals surface area contributed by atoms with Crippen LogP contribution in [0.1, 0.15) is 5.69 Å². The van der Waals surface area contributed by atoms with Gasteiger partial charge in [-0.1, -0.05) is 22.9 Å². The number of nitrogens with zero attached hydrogens (tertiary/aromatic N) is 1. The standard InChI is InChI=1S/C12H10ClFN2O2S/c1-7-6-19-12(18)16(7)5-11(17)15-8-2-3-9(13)10(14)4-8/h2-4,6H,5H2,1H3,(H,15,17). The molecule has 2 aromatic rings. The number of aromatic nitrogens is 1. The molecule has 1 heterocycles. The van der Waals surface area contributed by atoms with Crippen LogP contribution in [0.4, 0.5) is 10.1 Å². The Morgan fingerprint density at radius 2 is 2.26 bits per heavy atom. The van der Waals surface area contributed by atoms with Crippen LogP contribution in [0.5, 0.6) is 0 Å². The molecular formula is C12H10ClFN2O2S. The van der Waals surface area contributed by atoms with Crippen LogP contribution in [-0.2, 0) is 11.3 Å². The van der Waals surface area contributed by atoms with E-state index in [2.05, 4.69) is 5.32 Å². The number of halogens is 2. The van der Waals surface area contributed by atoms with Crippen LogP contribution < -0.4 is 10.2 Å².